The molecule has 410 valence electrons. The molecule has 0 aromatic heterocycles. The van der Waals surface area contributed by atoms with Crippen molar-refractivity contribution in [2.45, 2.75) is 34.1 Å². The summed E-state index contributed by atoms with van der Waals surface area (Å²) in [5.74, 6) is 0. The van der Waals surface area contributed by atoms with Gasteiger partial charge in [-0.15, -0.1) is 0 Å². The smallest absolute Gasteiger partial charge is 0.0522 e. The van der Waals surface area contributed by atoms with Gasteiger partial charge in [-0.1, -0.05) is 262 Å². The van der Waals surface area contributed by atoms with Crippen LogP contribution in [0.3, 0.4) is 0 Å². The monoisotopic (exact) mass is 1090 g/mol. The second kappa shape index (κ2) is 25.7. The fourth-order valence-corrected chi connectivity index (χ4v) is 11.6. The van der Waals surface area contributed by atoms with Crippen molar-refractivity contribution in [2.24, 2.45) is 0 Å². The zero-order chi connectivity index (χ0) is 57.9. The van der Waals surface area contributed by atoms with Gasteiger partial charge < -0.3 is 9.80 Å². The van der Waals surface area contributed by atoms with Crippen molar-refractivity contribution in [3.63, 3.8) is 0 Å². The Balaban J connectivity index is 0.767. The molecule has 0 fully saturated rings. The van der Waals surface area contributed by atoms with Crippen LogP contribution in [0, 0.1) is 20.8 Å². The lowest BCUT2D eigenvalue weighted by atomic mass is 9.95. The van der Waals surface area contributed by atoms with Crippen molar-refractivity contribution in [3.05, 3.63) is 369 Å². The number of para-hydroxylation sites is 2. The van der Waals surface area contributed by atoms with Gasteiger partial charge in [-0.3, -0.25) is 0 Å². The molecule has 0 amide bonds. The quantitative estimate of drug-likeness (QED) is 0.0839. The third-order valence-electron chi connectivity index (χ3n) is 16.0. The van der Waals surface area contributed by atoms with Crippen molar-refractivity contribution in [2.75, 3.05) is 9.80 Å². The van der Waals surface area contributed by atoms with Gasteiger partial charge in [-0.05, 0) is 200 Å². The third-order valence-corrected chi connectivity index (χ3v) is 16.0. The summed E-state index contributed by atoms with van der Waals surface area (Å²) in [6, 6.07) is 105. The molecular weight excluding hydrogens is 1020 g/mol. The van der Waals surface area contributed by atoms with E-state index in [4.69, 9.17) is 0 Å². The highest BCUT2D eigenvalue weighted by Gasteiger charge is 2.20. The van der Waals surface area contributed by atoms with E-state index in [1.165, 1.54) is 77.8 Å². The van der Waals surface area contributed by atoms with Gasteiger partial charge in [-0.2, -0.15) is 0 Å². The van der Waals surface area contributed by atoms with Crippen LogP contribution in [0.25, 0.3) is 58.4 Å². The van der Waals surface area contributed by atoms with E-state index >= 15 is 0 Å². The zero-order valence-electron chi connectivity index (χ0n) is 48.8. The Morgan fingerprint density at radius 1 is 0.282 bits per heavy atom. The van der Waals surface area contributed by atoms with Gasteiger partial charge in [0.1, 0.15) is 0 Å². The van der Waals surface area contributed by atoms with Crippen molar-refractivity contribution >= 4 is 92.5 Å². The average Bonchev–Trinajstić information content (AvgIpc) is 3.74. The molecule has 0 N–H and O–H groups in total. The van der Waals surface area contributed by atoms with Crippen LogP contribution in [0.4, 0.5) is 34.1 Å². The summed E-state index contributed by atoms with van der Waals surface area (Å²) in [6.07, 6.45) is 14.4. The predicted molar refractivity (Wildman–Crippen MR) is 367 cm³/mol. The number of aryl methyl sites for hydroxylation is 4. The first kappa shape index (κ1) is 55.0. The number of anilines is 6. The Kier molecular flexibility index (Phi) is 16.6. The summed E-state index contributed by atoms with van der Waals surface area (Å²) in [5.41, 5.74) is 25.9. The van der Waals surface area contributed by atoms with Crippen LogP contribution < -0.4 is 9.80 Å². The van der Waals surface area contributed by atoms with Gasteiger partial charge in [0.15, 0.2) is 0 Å². The van der Waals surface area contributed by atoms with Gasteiger partial charge in [-0.25, -0.2) is 0 Å². The molecule has 0 spiro atoms. The number of hydrogen-bond donors (Lipinski definition) is 0. The van der Waals surface area contributed by atoms with E-state index in [2.05, 4.69) is 365 Å². The standard InChI is InChI=1S/C83H68N2/c1-5-69-31-19-22-62(4)83(69)85(79-54-44-68(45-55-79)59-81(73-27-14-8-15-28-73)74-29-16-9-17-30-74)78-50-40-64(41-51-78)33-35-66-37-47-70-46-36-65(56-75(70)57-66)34-32-63-38-48-76(49-39-63)84(82-60(2)20-18-21-61(82)3)77-52-42-67(43-53-77)58-80(71-23-10-6-11-24-71)72-25-12-7-13-26-72/h6-59H,5H2,1-4H3. The number of nitrogens with zero attached hydrogens (tertiary/aromatic N) is 2. The maximum atomic E-state index is 2.42. The van der Waals surface area contributed by atoms with Crippen molar-refractivity contribution < 1.29 is 0 Å². The number of rotatable bonds is 17. The van der Waals surface area contributed by atoms with E-state index in [0.717, 1.165) is 62.6 Å². The van der Waals surface area contributed by atoms with E-state index in [1.807, 2.05) is 0 Å². The lowest BCUT2D eigenvalue weighted by Gasteiger charge is -2.29. The van der Waals surface area contributed by atoms with Crippen LogP contribution >= 0.6 is 0 Å². The Morgan fingerprint density at radius 3 is 0.953 bits per heavy atom. The Bertz CT molecular complexity index is 4240. The lowest BCUT2D eigenvalue weighted by molar-refractivity contribution is 1.10. The minimum absolute atomic E-state index is 0.932. The van der Waals surface area contributed by atoms with Gasteiger partial charge in [0.05, 0.1) is 11.4 Å². The van der Waals surface area contributed by atoms with Gasteiger partial charge in [0, 0.05) is 22.7 Å². The van der Waals surface area contributed by atoms with Crippen molar-refractivity contribution in [3.8, 4) is 0 Å². The Hall–Kier alpha value is -10.5. The second-order valence-corrected chi connectivity index (χ2v) is 21.8. The molecule has 0 aliphatic carbocycles. The molecule has 0 aliphatic heterocycles. The first-order valence-corrected chi connectivity index (χ1v) is 29.5. The van der Waals surface area contributed by atoms with E-state index in [1.54, 1.807) is 0 Å². The fraction of sp³-hybridized carbons (Fsp3) is 0.0602. The lowest BCUT2D eigenvalue weighted by Crippen LogP contribution is -2.13. The molecule has 0 saturated carbocycles. The number of fused-ring (bicyclic) bond motifs is 1. The third kappa shape index (κ3) is 12.8. The van der Waals surface area contributed by atoms with Crippen molar-refractivity contribution in [1.29, 1.82) is 0 Å². The molecule has 0 aliphatic rings. The van der Waals surface area contributed by atoms with Crippen LogP contribution in [-0.4, -0.2) is 0 Å². The molecule has 0 bridgehead atoms. The topological polar surface area (TPSA) is 6.48 Å². The molecule has 0 saturated heterocycles. The first-order valence-electron chi connectivity index (χ1n) is 29.5. The summed E-state index contributed by atoms with van der Waals surface area (Å²) in [7, 11) is 0. The number of benzene rings is 12. The molecule has 85 heavy (non-hydrogen) atoms. The summed E-state index contributed by atoms with van der Waals surface area (Å²) < 4.78 is 0. The van der Waals surface area contributed by atoms with Crippen LogP contribution in [-0.2, 0) is 6.42 Å². The summed E-state index contributed by atoms with van der Waals surface area (Å²) in [5, 5.41) is 2.42. The van der Waals surface area contributed by atoms with Gasteiger partial charge >= 0.3 is 0 Å². The minimum Gasteiger partial charge on any atom is -0.310 e. The Morgan fingerprint density at radius 2 is 0.588 bits per heavy atom. The molecule has 0 atom stereocenters. The molecular formula is C83H68N2. The maximum absolute atomic E-state index is 2.42. The van der Waals surface area contributed by atoms with Gasteiger partial charge in [0.2, 0.25) is 0 Å². The normalized spacial score (nSPS) is 11.2. The highest BCUT2D eigenvalue weighted by Crippen LogP contribution is 2.42. The number of hydrogen-bond acceptors (Lipinski definition) is 2. The molecule has 0 radical (unpaired) electrons. The van der Waals surface area contributed by atoms with E-state index in [0.29, 0.717) is 0 Å². The van der Waals surface area contributed by atoms with Crippen LogP contribution in [0.5, 0.6) is 0 Å². The first-order chi connectivity index (χ1) is 41.8. The fourth-order valence-electron chi connectivity index (χ4n) is 11.6. The van der Waals surface area contributed by atoms with Gasteiger partial charge in [0.25, 0.3) is 0 Å². The van der Waals surface area contributed by atoms with Crippen molar-refractivity contribution in [1.82, 2.24) is 0 Å². The molecule has 12 rings (SSSR count). The largest absolute Gasteiger partial charge is 0.310 e. The average molecular weight is 1090 g/mol. The van der Waals surface area contributed by atoms with Crippen LogP contribution in [0.2, 0.25) is 0 Å². The predicted octanol–water partition coefficient (Wildman–Crippen LogP) is 22.8. The molecule has 2 nitrogen and oxygen atoms in total. The highest BCUT2D eigenvalue weighted by molar-refractivity contribution is 5.94. The Labute approximate surface area is 502 Å². The second-order valence-electron chi connectivity index (χ2n) is 21.8. The molecule has 0 unspecified atom stereocenters. The van der Waals surface area contributed by atoms with Crippen LogP contribution in [0.1, 0.15) is 84.8 Å². The van der Waals surface area contributed by atoms with E-state index < -0.39 is 0 Å². The summed E-state index contributed by atoms with van der Waals surface area (Å²) in [6.45, 7) is 8.87. The SMILES string of the molecule is CCc1cccc(C)c1N(c1ccc(C=Cc2ccc3ccc(C=Cc4ccc(N(c5ccc(C=C(c6ccccc6)c6ccccc6)cc5)c5c(C)cccc5C)cc4)cc3c2)cc1)c1ccc(C=C(c2ccccc2)c2ccccc2)cc1. The van der Waals surface area contributed by atoms with E-state index in [9.17, 15) is 0 Å². The summed E-state index contributed by atoms with van der Waals surface area (Å²) >= 11 is 0. The molecule has 0 heterocycles. The zero-order valence-corrected chi connectivity index (χ0v) is 48.8. The highest BCUT2D eigenvalue weighted by atomic mass is 15.2. The summed E-state index contributed by atoms with van der Waals surface area (Å²) in [4.78, 5) is 4.81. The molecule has 12 aromatic carbocycles. The molecule has 12 aromatic rings. The minimum atomic E-state index is 0.932. The van der Waals surface area contributed by atoms with E-state index in [-0.39, 0.29) is 0 Å². The maximum Gasteiger partial charge on any atom is 0.0522 e. The van der Waals surface area contributed by atoms with Crippen LogP contribution in [0.15, 0.2) is 291 Å². The molecule has 2 heteroatoms.